The third-order valence-electron chi connectivity index (χ3n) is 3.12. The molecule has 0 heterocycles. The maximum Gasteiger partial charge on any atom is 0.243 e. The van der Waals surface area contributed by atoms with Gasteiger partial charge in [0, 0.05) is 17.2 Å². The third-order valence-corrected chi connectivity index (χ3v) is 3.98. The average molecular weight is 390 g/mol. The van der Waals surface area contributed by atoms with Crippen molar-refractivity contribution in [2.45, 2.75) is 0 Å². The molecule has 2 aromatic carbocycles. The van der Waals surface area contributed by atoms with Crippen molar-refractivity contribution in [2.75, 3.05) is 31.4 Å². The number of amides is 1. The van der Waals surface area contributed by atoms with Crippen LogP contribution < -0.4 is 20.1 Å². The van der Waals surface area contributed by atoms with Gasteiger partial charge in [-0.3, -0.25) is 4.79 Å². The summed E-state index contributed by atoms with van der Waals surface area (Å²) in [6, 6.07) is 8.09. The summed E-state index contributed by atoms with van der Waals surface area (Å²) in [5.74, 6) is 0.669. The molecule has 0 aliphatic rings. The molecule has 2 aromatic rings. The van der Waals surface area contributed by atoms with Crippen molar-refractivity contribution < 1.29 is 14.3 Å². The lowest BCUT2D eigenvalue weighted by Crippen LogP contribution is -2.22. The fraction of sp³-hybridized carbons (Fsp3) is 0.188. The molecular weight excluding hydrogens is 375 g/mol. The summed E-state index contributed by atoms with van der Waals surface area (Å²) in [5.41, 5.74) is 1.02. The van der Waals surface area contributed by atoms with Gasteiger partial charge in [-0.25, -0.2) is 0 Å². The van der Waals surface area contributed by atoms with Crippen LogP contribution in [0, 0.1) is 0 Å². The number of nitrogens with one attached hydrogen (secondary N) is 2. The van der Waals surface area contributed by atoms with Gasteiger partial charge < -0.3 is 20.1 Å². The summed E-state index contributed by atoms with van der Waals surface area (Å²) in [6.07, 6.45) is 0. The van der Waals surface area contributed by atoms with Crippen molar-refractivity contribution in [3.63, 3.8) is 0 Å². The van der Waals surface area contributed by atoms with Gasteiger partial charge >= 0.3 is 0 Å². The number of ether oxygens (including phenoxy) is 2. The highest BCUT2D eigenvalue weighted by molar-refractivity contribution is 6.35. The molecule has 2 N–H and O–H groups in total. The van der Waals surface area contributed by atoms with Crippen LogP contribution in [-0.2, 0) is 4.79 Å². The zero-order chi connectivity index (χ0) is 17.7. The van der Waals surface area contributed by atoms with Crippen LogP contribution in [-0.4, -0.2) is 26.7 Å². The van der Waals surface area contributed by atoms with Gasteiger partial charge in [0.1, 0.15) is 11.5 Å². The second-order valence-electron chi connectivity index (χ2n) is 4.71. The number of hydrogen-bond acceptors (Lipinski definition) is 4. The van der Waals surface area contributed by atoms with Gasteiger partial charge in [0.25, 0.3) is 0 Å². The smallest absolute Gasteiger partial charge is 0.243 e. The van der Waals surface area contributed by atoms with E-state index >= 15 is 0 Å². The van der Waals surface area contributed by atoms with Gasteiger partial charge in [0.05, 0.1) is 42.2 Å². The van der Waals surface area contributed by atoms with Crippen LogP contribution in [0.2, 0.25) is 15.1 Å². The molecule has 0 radical (unpaired) electrons. The molecule has 24 heavy (non-hydrogen) atoms. The number of benzene rings is 2. The number of anilines is 2. The highest BCUT2D eigenvalue weighted by Gasteiger charge is 2.12. The second kappa shape index (κ2) is 8.33. The predicted molar refractivity (Wildman–Crippen MR) is 98.1 cm³/mol. The van der Waals surface area contributed by atoms with E-state index in [2.05, 4.69) is 10.6 Å². The van der Waals surface area contributed by atoms with Gasteiger partial charge in [-0.1, -0.05) is 34.8 Å². The minimum Gasteiger partial charge on any atom is -0.495 e. The molecule has 0 fully saturated rings. The lowest BCUT2D eigenvalue weighted by Gasteiger charge is -2.14. The molecule has 8 heteroatoms. The van der Waals surface area contributed by atoms with Crippen LogP contribution in [0.1, 0.15) is 0 Å². The first-order chi connectivity index (χ1) is 11.4. The number of carbonyl (C=O) groups is 1. The summed E-state index contributed by atoms with van der Waals surface area (Å²) >= 11 is 18.0. The summed E-state index contributed by atoms with van der Waals surface area (Å²) in [4.78, 5) is 12.1. The monoisotopic (exact) mass is 388 g/mol. The maximum absolute atomic E-state index is 12.1. The van der Waals surface area contributed by atoms with E-state index in [-0.39, 0.29) is 12.5 Å². The summed E-state index contributed by atoms with van der Waals surface area (Å²) < 4.78 is 10.4. The fourth-order valence-corrected chi connectivity index (χ4v) is 2.53. The van der Waals surface area contributed by atoms with E-state index in [0.29, 0.717) is 37.9 Å². The first kappa shape index (κ1) is 18.5. The fourth-order valence-electron chi connectivity index (χ4n) is 1.96. The quantitative estimate of drug-likeness (QED) is 0.751. The van der Waals surface area contributed by atoms with Crippen molar-refractivity contribution in [2.24, 2.45) is 0 Å². The van der Waals surface area contributed by atoms with E-state index in [1.165, 1.54) is 14.2 Å². The highest BCUT2D eigenvalue weighted by atomic mass is 35.5. The molecule has 0 aliphatic carbocycles. The van der Waals surface area contributed by atoms with Crippen LogP contribution in [0.25, 0.3) is 0 Å². The van der Waals surface area contributed by atoms with Crippen molar-refractivity contribution in [1.29, 1.82) is 0 Å². The van der Waals surface area contributed by atoms with E-state index in [0.717, 1.165) is 0 Å². The van der Waals surface area contributed by atoms with E-state index < -0.39 is 0 Å². The van der Waals surface area contributed by atoms with Gasteiger partial charge in [0.15, 0.2) is 0 Å². The summed E-state index contributed by atoms with van der Waals surface area (Å²) in [7, 11) is 3.01. The predicted octanol–water partition coefficient (Wildman–Crippen LogP) is 4.71. The molecule has 0 spiro atoms. The molecular formula is C16H15Cl3N2O3. The maximum atomic E-state index is 12.1. The molecule has 0 bridgehead atoms. The Bertz CT molecular complexity index is 754. The Labute approximate surface area is 154 Å². The van der Waals surface area contributed by atoms with Gasteiger partial charge in [-0.2, -0.15) is 0 Å². The zero-order valence-electron chi connectivity index (χ0n) is 13.0. The largest absolute Gasteiger partial charge is 0.495 e. The number of carbonyl (C=O) groups excluding carboxylic acids is 1. The highest BCUT2D eigenvalue weighted by Crippen LogP contribution is 2.35. The second-order valence-corrected chi connectivity index (χ2v) is 5.96. The van der Waals surface area contributed by atoms with E-state index in [9.17, 15) is 4.79 Å². The minimum atomic E-state index is -0.296. The molecule has 0 unspecified atom stereocenters. The van der Waals surface area contributed by atoms with Crippen LogP contribution in [0.5, 0.6) is 11.5 Å². The molecule has 0 aliphatic heterocycles. The molecule has 0 saturated carbocycles. The lowest BCUT2D eigenvalue weighted by molar-refractivity contribution is -0.114. The number of methoxy groups -OCH3 is 2. The standard InChI is InChI=1S/C16H15Cl3N2O3/c1-23-14-7-13(15(24-2)6-11(14)19)20-8-16(22)21-12-5-9(17)3-4-10(12)18/h3-7,20H,8H2,1-2H3,(H,21,22). The third kappa shape index (κ3) is 4.60. The number of hydrogen-bond donors (Lipinski definition) is 2. The van der Waals surface area contributed by atoms with Crippen molar-refractivity contribution in [3.8, 4) is 11.5 Å². The van der Waals surface area contributed by atoms with Crippen molar-refractivity contribution in [3.05, 3.63) is 45.4 Å². The Balaban J connectivity index is 2.07. The van der Waals surface area contributed by atoms with E-state index in [1.807, 2.05) is 0 Å². The molecule has 0 saturated heterocycles. The Morgan fingerprint density at radius 2 is 1.67 bits per heavy atom. The summed E-state index contributed by atoms with van der Waals surface area (Å²) in [6.45, 7) is -0.00993. The first-order valence-corrected chi connectivity index (χ1v) is 7.98. The van der Waals surface area contributed by atoms with Gasteiger partial charge in [-0.15, -0.1) is 0 Å². The number of rotatable bonds is 6. The average Bonchev–Trinajstić information content (AvgIpc) is 2.56. The molecule has 0 atom stereocenters. The molecule has 1 amide bonds. The first-order valence-electron chi connectivity index (χ1n) is 6.85. The van der Waals surface area contributed by atoms with Gasteiger partial charge in [-0.05, 0) is 18.2 Å². The molecule has 0 aromatic heterocycles. The van der Waals surface area contributed by atoms with E-state index in [4.69, 9.17) is 44.3 Å². The molecule has 128 valence electrons. The van der Waals surface area contributed by atoms with Gasteiger partial charge in [0.2, 0.25) is 5.91 Å². The Hall–Kier alpha value is -1.82. The molecule has 5 nitrogen and oxygen atoms in total. The van der Waals surface area contributed by atoms with Crippen LogP contribution >= 0.6 is 34.8 Å². The Kier molecular flexibility index (Phi) is 6.43. The SMILES string of the molecule is COc1cc(NCC(=O)Nc2cc(Cl)ccc2Cl)c(OC)cc1Cl. The Morgan fingerprint density at radius 3 is 2.33 bits per heavy atom. The Morgan fingerprint density at radius 1 is 0.958 bits per heavy atom. The van der Waals surface area contributed by atoms with Crippen LogP contribution in [0.15, 0.2) is 30.3 Å². The van der Waals surface area contributed by atoms with Crippen LogP contribution in [0.4, 0.5) is 11.4 Å². The summed E-state index contributed by atoms with van der Waals surface area (Å²) in [5, 5.41) is 6.94. The van der Waals surface area contributed by atoms with E-state index in [1.54, 1.807) is 30.3 Å². The minimum absolute atomic E-state index is 0.00993. The lowest BCUT2D eigenvalue weighted by atomic mass is 10.2. The normalized spacial score (nSPS) is 10.2. The van der Waals surface area contributed by atoms with Crippen LogP contribution in [0.3, 0.4) is 0 Å². The zero-order valence-corrected chi connectivity index (χ0v) is 15.2. The van der Waals surface area contributed by atoms with Crippen molar-refractivity contribution >= 4 is 52.1 Å². The number of halogens is 3. The van der Waals surface area contributed by atoms with Crippen molar-refractivity contribution in [1.82, 2.24) is 0 Å². The molecule has 2 rings (SSSR count). The topological polar surface area (TPSA) is 59.6 Å².